The number of hydrogen-bond acceptors (Lipinski definition) is 4. The highest BCUT2D eigenvalue weighted by Crippen LogP contribution is 2.64. The largest absolute Gasteiger partial charge is 0.396 e. The van der Waals surface area contributed by atoms with E-state index in [0.717, 1.165) is 37.7 Å². The number of aliphatic hydroxyl groups is 1. The Kier molecular flexibility index (Phi) is 5.39. The lowest BCUT2D eigenvalue weighted by Crippen LogP contribution is -2.48. The van der Waals surface area contributed by atoms with Gasteiger partial charge in [0.15, 0.2) is 0 Å². The number of carbonyl (C=O) groups excluding carboxylic acids is 1. The number of Topliss-reactive ketones (excluding diaryl/α,β-unsaturated/α-hetero) is 1. The summed E-state index contributed by atoms with van der Waals surface area (Å²) in [4.78, 5) is 13.2. The van der Waals surface area contributed by atoms with E-state index in [4.69, 9.17) is 4.74 Å². The number of carbonyl (C=O) groups is 1. The van der Waals surface area contributed by atoms with Crippen molar-refractivity contribution in [3.05, 3.63) is 11.1 Å². The van der Waals surface area contributed by atoms with E-state index >= 15 is 0 Å². The van der Waals surface area contributed by atoms with E-state index in [1.165, 1.54) is 63.5 Å². The van der Waals surface area contributed by atoms with Crippen molar-refractivity contribution in [2.24, 2.45) is 40.9 Å². The molecule has 4 heteroatoms. The molecule has 0 bridgehead atoms. The fourth-order valence-electron chi connectivity index (χ4n) is 9.02. The van der Waals surface area contributed by atoms with Crippen LogP contribution in [0.25, 0.3) is 0 Å². The second-order valence-corrected chi connectivity index (χ2v) is 13.4. The zero-order chi connectivity index (χ0) is 21.2. The lowest BCUT2D eigenvalue weighted by Gasteiger charge is -2.54. The van der Waals surface area contributed by atoms with Gasteiger partial charge in [-0.1, -0.05) is 18.1 Å². The highest BCUT2D eigenvalue weighted by molar-refractivity contribution is 8.00. The van der Waals surface area contributed by atoms with Crippen LogP contribution < -0.4 is 0 Å². The van der Waals surface area contributed by atoms with E-state index in [1.807, 2.05) is 11.1 Å². The summed E-state index contributed by atoms with van der Waals surface area (Å²) >= 11 is 2.08. The average Bonchev–Trinajstić information content (AvgIpc) is 3.37. The lowest BCUT2D eigenvalue weighted by molar-refractivity contribution is -0.129. The number of hydrogen-bond donors (Lipinski definition) is 1. The Morgan fingerprint density at radius 2 is 1.87 bits per heavy atom. The zero-order valence-electron chi connectivity index (χ0n) is 19.2. The molecule has 0 aromatic rings. The number of rotatable bonds is 2. The molecule has 6 atom stereocenters. The molecular formula is C27H40O3S. The van der Waals surface area contributed by atoms with Crippen molar-refractivity contribution in [2.75, 3.05) is 19.0 Å². The third-order valence-electron chi connectivity index (χ3n) is 10.6. The van der Waals surface area contributed by atoms with Crippen molar-refractivity contribution in [1.82, 2.24) is 0 Å². The molecule has 0 amide bonds. The molecule has 0 radical (unpaired) electrons. The molecule has 1 aliphatic heterocycles. The van der Waals surface area contributed by atoms with Crippen LogP contribution in [-0.2, 0) is 9.53 Å². The molecule has 0 aromatic heterocycles. The van der Waals surface area contributed by atoms with E-state index in [1.54, 1.807) is 0 Å². The van der Waals surface area contributed by atoms with Crippen LogP contribution in [0.5, 0.6) is 0 Å². The van der Waals surface area contributed by atoms with Gasteiger partial charge in [0.1, 0.15) is 10.7 Å². The standard InChI is InChI=1S/C27H40O3S/c1-26-15-22(18-4-2-17(16-28)3-5-18)25-20-10-11-27(30-12-13-31-27)14-19(20)6-7-21(25)23(26)8-9-24(26)29/h17-19,21-23,28H,2-16H2,1H3/t17?,18?,19?,21?,22?,23?,26-,27?/m0/s1. The minimum absolute atomic E-state index is 0.0691. The number of aliphatic hydroxyl groups excluding tert-OH is 1. The predicted molar refractivity (Wildman–Crippen MR) is 125 cm³/mol. The van der Waals surface area contributed by atoms with E-state index < -0.39 is 0 Å². The molecule has 1 heterocycles. The van der Waals surface area contributed by atoms with Crippen LogP contribution in [0.4, 0.5) is 0 Å². The van der Waals surface area contributed by atoms with Crippen LogP contribution in [0, 0.1) is 40.9 Å². The fraction of sp³-hybridized carbons (Fsp3) is 0.889. The minimum atomic E-state index is -0.0691. The zero-order valence-corrected chi connectivity index (χ0v) is 20.1. The monoisotopic (exact) mass is 444 g/mol. The van der Waals surface area contributed by atoms with Gasteiger partial charge in [0, 0.05) is 24.2 Å². The molecule has 172 valence electrons. The minimum Gasteiger partial charge on any atom is -0.396 e. The summed E-state index contributed by atoms with van der Waals surface area (Å²) in [6.07, 6.45) is 14.2. The Bertz CT molecular complexity index is 760. The molecule has 5 unspecified atom stereocenters. The van der Waals surface area contributed by atoms with Crippen LogP contribution in [-0.4, -0.2) is 34.8 Å². The van der Waals surface area contributed by atoms with Crippen molar-refractivity contribution in [2.45, 2.75) is 88.9 Å². The van der Waals surface area contributed by atoms with Crippen LogP contribution in [0.1, 0.15) is 84.0 Å². The smallest absolute Gasteiger partial charge is 0.139 e. The highest BCUT2D eigenvalue weighted by atomic mass is 32.2. The first-order chi connectivity index (χ1) is 15.0. The number of thioether (sulfide) groups is 1. The van der Waals surface area contributed by atoms with Gasteiger partial charge in [0.05, 0.1) is 6.61 Å². The summed E-state index contributed by atoms with van der Waals surface area (Å²) in [5.74, 6) is 5.59. The van der Waals surface area contributed by atoms with Crippen molar-refractivity contribution < 1.29 is 14.6 Å². The average molecular weight is 445 g/mol. The summed E-state index contributed by atoms with van der Waals surface area (Å²) in [7, 11) is 0. The van der Waals surface area contributed by atoms with Crippen LogP contribution in [0.2, 0.25) is 0 Å². The molecule has 4 saturated carbocycles. The molecule has 5 aliphatic carbocycles. The van der Waals surface area contributed by atoms with Gasteiger partial charge < -0.3 is 9.84 Å². The predicted octanol–water partition coefficient (Wildman–Crippen LogP) is 5.76. The first kappa shape index (κ1) is 21.2. The van der Waals surface area contributed by atoms with Gasteiger partial charge in [-0.15, -0.1) is 11.8 Å². The lowest BCUT2D eigenvalue weighted by atomic mass is 9.50. The Hall–Kier alpha value is -0.320. The number of ketones is 1. The van der Waals surface area contributed by atoms with Gasteiger partial charge in [0.2, 0.25) is 0 Å². The van der Waals surface area contributed by atoms with Gasteiger partial charge >= 0.3 is 0 Å². The van der Waals surface area contributed by atoms with Crippen molar-refractivity contribution in [3.8, 4) is 0 Å². The molecule has 5 fully saturated rings. The van der Waals surface area contributed by atoms with E-state index in [-0.39, 0.29) is 10.3 Å². The third-order valence-corrected chi connectivity index (χ3v) is 12.0. The Balaban J connectivity index is 1.36. The maximum atomic E-state index is 13.1. The molecule has 0 aromatic carbocycles. The second-order valence-electron chi connectivity index (χ2n) is 11.9. The molecule has 1 saturated heterocycles. The third kappa shape index (κ3) is 3.33. The molecule has 1 N–H and O–H groups in total. The molecule has 3 nitrogen and oxygen atoms in total. The Morgan fingerprint density at radius 3 is 2.61 bits per heavy atom. The molecule has 1 spiro atoms. The van der Waals surface area contributed by atoms with Crippen molar-refractivity contribution >= 4 is 17.5 Å². The molecular weight excluding hydrogens is 404 g/mol. The Labute approximate surface area is 192 Å². The number of allylic oxidation sites excluding steroid dienone is 2. The highest BCUT2D eigenvalue weighted by Gasteiger charge is 2.58. The van der Waals surface area contributed by atoms with Gasteiger partial charge in [-0.2, -0.15) is 0 Å². The maximum absolute atomic E-state index is 13.1. The molecule has 6 aliphatic rings. The summed E-state index contributed by atoms with van der Waals surface area (Å²) in [6.45, 7) is 3.63. The quantitative estimate of drug-likeness (QED) is 0.550. The summed E-state index contributed by atoms with van der Waals surface area (Å²) in [6, 6.07) is 0. The second kappa shape index (κ2) is 7.87. The maximum Gasteiger partial charge on any atom is 0.139 e. The Morgan fingerprint density at radius 1 is 1.03 bits per heavy atom. The van der Waals surface area contributed by atoms with Crippen LogP contribution in [0.15, 0.2) is 11.1 Å². The van der Waals surface area contributed by atoms with Crippen LogP contribution in [0.3, 0.4) is 0 Å². The van der Waals surface area contributed by atoms with Crippen LogP contribution >= 0.6 is 11.8 Å². The van der Waals surface area contributed by atoms with Gasteiger partial charge in [0.25, 0.3) is 0 Å². The first-order valence-corrected chi connectivity index (χ1v) is 14.2. The van der Waals surface area contributed by atoms with Gasteiger partial charge in [-0.05, 0) is 106 Å². The molecule has 31 heavy (non-hydrogen) atoms. The van der Waals surface area contributed by atoms with Crippen molar-refractivity contribution in [3.63, 3.8) is 0 Å². The van der Waals surface area contributed by atoms with Crippen molar-refractivity contribution in [1.29, 1.82) is 0 Å². The summed E-state index contributed by atoms with van der Waals surface area (Å²) in [5.41, 5.74) is 3.62. The van der Waals surface area contributed by atoms with E-state index in [2.05, 4.69) is 18.7 Å². The van der Waals surface area contributed by atoms with E-state index in [9.17, 15) is 9.90 Å². The SMILES string of the molecule is C[C@]12CC(C3CCC(CO)CC3)C3=C4CCC5(CC4CCC3C1CCC2=O)OCCS5. The summed E-state index contributed by atoms with van der Waals surface area (Å²) in [5, 5.41) is 9.66. The van der Waals surface area contributed by atoms with E-state index in [0.29, 0.717) is 36.1 Å². The first-order valence-electron chi connectivity index (χ1n) is 13.2. The number of ether oxygens (including phenoxy) is 1. The number of fused-ring (bicyclic) bond motifs is 4. The summed E-state index contributed by atoms with van der Waals surface area (Å²) < 4.78 is 6.31. The normalized spacial score (nSPS) is 49.8. The van der Waals surface area contributed by atoms with Gasteiger partial charge in [-0.25, -0.2) is 0 Å². The fourth-order valence-corrected chi connectivity index (χ4v) is 10.3. The topological polar surface area (TPSA) is 46.5 Å². The molecule has 6 rings (SSSR count). The van der Waals surface area contributed by atoms with Gasteiger partial charge in [-0.3, -0.25) is 4.79 Å².